The van der Waals surface area contributed by atoms with Gasteiger partial charge in [-0.25, -0.2) is 4.79 Å². The van der Waals surface area contributed by atoms with Gasteiger partial charge in [-0.3, -0.25) is 24.3 Å². The summed E-state index contributed by atoms with van der Waals surface area (Å²) in [6, 6.07) is 3.45. The summed E-state index contributed by atoms with van der Waals surface area (Å²) >= 11 is 0. The molecule has 2 aliphatic heterocycles. The number of benzene rings is 1. The number of aliphatic hydroxyl groups is 1. The fourth-order valence-electron chi connectivity index (χ4n) is 8.64. The minimum atomic E-state index is -1.16. The lowest BCUT2D eigenvalue weighted by Crippen LogP contribution is -2.75. The molecule has 2 heterocycles. The van der Waals surface area contributed by atoms with Crippen molar-refractivity contribution in [2.45, 2.75) is 87.9 Å². The fourth-order valence-corrected chi connectivity index (χ4v) is 8.64. The molecule has 1 spiro atoms. The van der Waals surface area contributed by atoms with Gasteiger partial charge in [0.25, 0.3) is 0 Å². The molecule has 1 aromatic rings. The van der Waals surface area contributed by atoms with E-state index in [2.05, 4.69) is 9.89 Å². The molecule has 0 radical (unpaired) electrons. The van der Waals surface area contributed by atoms with Crippen molar-refractivity contribution in [1.29, 1.82) is 0 Å². The third kappa shape index (κ3) is 6.55. The number of ketones is 2. The molecule has 3 aliphatic carbocycles. The van der Waals surface area contributed by atoms with Crippen LogP contribution in [0.15, 0.2) is 29.0 Å². The molecule has 2 amide bonds. The van der Waals surface area contributed by atoms with Crippen molar-refractivity contribution in [3.05, 3.63) is 35.1 Å². The first-order chi connectivity index (χ1) is 23.7. The number of piperidine rings is 1. The molecule has 1 saturated carbocycles. The Balaban J connectivity index is 1.12. The average Bonchev–Trinajstić information content (AvgIpc) is 3.80. The van der Waals surface area contributed by atoms with Crippen molar-refractivity contribution in [2.24, 2.45) is 28.3 Å². The first kappa shape index (κ1) is 35.6. The molecule has 14 nitrogen and oxygen atoms in total. The lowest BCUT2D eigenvalue weighted by molar-refractivity contribution is -0.169. The summed E-state index contributed by atoms with van der Waals surface area (Å²) < 4.78 is 12.4. The minimum absolute atomic E-state index is 0.00164. The maximum atomic E-state index is 13.5. The Morgan fingerprint density at radius 2 is 1.90 bits per heavy atom. The number of phenols is 1. The predicted molar refractivity (Wildman–Crippen MR) is 183 cm³/mol. The number of hydrogen-bond donors (Lipinski definition) is 4. The fraction of sp³-hybridized carbons (Fsp3) is 0.639. The maximum absolute atomic E-state index is 13.5. The number of guanidine groups is 1. The Hall–Kier alpha value is -4.17. The van der Waals surface area contributed by atoms with Gasteiger partial charge in [-0.05, 0) is 75.6 Å². The SMILES string of the molecule is CC(=O)CC(=O)C[C@@H](CCCN=C(N)N)C(=O)N(C)CCN(C)C(=O)OC1=CC[C@@]2(O)[C@H]3Cc4ccc(O)c5c4[C@@]2(CCN3CC2CC2)[C@H]1O5. The van der Waals surface area contributed by atoms with E-state index in [4.69, 9.17) is 20.9 Å². The van der Waals surface area contributed by atoms with Crippen LogP contribution < -0.4 is 16.2 Å². The van der Waals surface area contributed by atoms with Gasteiger partial charge in [0.15, 0.2) is 23.6 Å². The van der Waals surface area contributed by atoms with Crippen molar-refractivity contribution in [3.63, 3.8) is 0 Å². The lowest BCUT2D eigenvalue weighted by Gasteiger charge is -2.62. The minimum Gasteiger partial charge on any atom is -0.504 e. The summed E-state index contributed by atoms with van der Waals surface area (Å²) in [5.74, 6) is -0.261. The zero-order valence-electron chi connectivity index (χ0n) is 29.2. The number of nitrogens with zero attached hydrogens (tertiary/aromatic N) is 4. The molecular formula is C36H50N6O8. The van der Waals surface area contributed by atoms with Gasteiger partial charge in [0.05, 0.1) is 17.4 Å². The molecule has 2 bridgehead atoms. The van der Waals surface area contributed by atoms with E-state index in [1.165, 1.54) is 29.6 Å². The monoisotopic (exact) mass is 694 g/mol. The first-order valence-corrected chi connectivity index (χ1v) is 17.7. The van der Waals surface area contributed by atoms with Gasteiger partial charge < -0.3 is 41.0 Å². The number of rotatable bonds is 15. The van der Waals surface area contributed by atoms with E-state index in [0.717, 1.165) is 24.2 Å². The predicted octanol–water partition coefficient (Wildman–Crippen LogP) is 1.59. The number of Topliss-reactive ketones (excluding diaryl/α,β-unsaturated/α-hetero) is 2. The molecule has 1 saturated heterocycles. The Morgan fingerprint density at radius 1 is 1.16 bits per heavy atom. The number of likely N-dealkylation sites (tertiary alicyclic amines) is 1. The number of ether oxygens (including phenoxy) is 2. The number of carbonyl (C=O) groups is 4. The highest BCUT2D eigenvalue weighted by atomic mass is 16.6. The highest BCUT2D eigenvalue weighted by molar-refractivity contribution is 5.99. The van der Waals surface area contributed by atoms with Gasteiger partial charge in [-0.15, -0.1) is 0 Å². The van der Waals surface area contributed by atoms with Crippen LogP contribution in [0.1, 0.15) is 69.4 Å². The lowest BCUT2D eigenvalue weighted by atomic mass is 9.50. The summed E-state index contributed by atoms with van der Waals surface area (Å²) in [6.07, 6.45) is 4.80. The molecule has 5 aliphatic rings. The van der Waals surface area contributed by atoms with E-state index < -0.39 is 29.1 Å². The van der Waals surface area contributed by atoms with Gasteiger partial charge >= 0.3 is 6.09 Å². The molecule has 1 aromatic carbocycles. The summed E-state index contributed by atoms with van der Waals surface area (Å²) in [7, 11) is 3.18. The number of nitrogens with two attached hydrogens (primary N) is 2. The van der Waals surface area contributed by atoms with Crippen LogP contribution >= 0.6 is 0 Å². The third-order valence-corrected chi connectivity index (χ3v) is 11.3. The van der Waals surface area contributed by atoms with Crippen molar-refractivity contribution >= 4 is 29.5 Å². The summed E-state index contributed by atoms with van der Waals surface area (Å²) in [4.78, 5) is 60.1. The second-order valence-corrected chi connectivity index (χ2v) is 14.9. The van der Waals surface area contributed by atoms with Gasteiger partial charge in [-0.1, -0.05) is 6.07 Å². The molecule has 2 fully saturated rings. The topological polar surface area (TPSA) is 201 Å². The molecule has 0 unspecified atom stereocenters. The number of aliphatic imine (C=N–C) groups is 1. The second kappa shape index (κ2) is 13.9. The van der Waals surface area contributed by atoms with Gasteiger partial charge in [-0.2, -0.15) is 0 Å². The second-order valence-electron chi connectivity index (χ2n) is 14.9. The van der Waals surface area contributed by atoms with E-state index in [1.54, 1.807) is 26.2 Å². The van der Waals surface area contributed by atoms with Crippen LogP contribution in [0.25, 0.3) is 0 Å². The largest absolute Gasteiger partial charge is 0.504 e. The number of carbonyl (C=O) groups excluding carboxylic acids is 4. The highest BCUT2D eigenvalue weighted by Gasteiger charge is 2.72. The number of amides is 2. The molecule has 6 N–H and O–H groups in total. The Bertz CT molecular complexity index is 1600. The standard InChI is InChI=1S/C36H50N6O8/c1-21(43)17-25(44)18-24(5-4-13-39-33(37)38)32(46)40(2)15-16-41(3)34(47)49-27-10-11-36(48)28-19-23-8-9-26(45)30-29(23)35(36,31(27)50-30)12-14-42(28)20-22-6-7-22/h8-10,22,24,28,31,45,48H,4-7,11-20H2,1-3H3,(H4,37,38,39)/t24-,28-,31+,35+,36-/m1/s1. The number of likely N-dealkylation sites (N-methyl/N-ethyl adjacent to an activating group) is 2. The van der Waals surface area contributed by atoms with E-state index in [-0.39, 0.29) is 67.6 Å². The van der Waals surface area contributed by atoms with Crippen LogP contribution in [0.3, 0.4) is 0 Å². The van der Waals surface area contributed by atoms with Crippen LogP contribution in [0.5, 0.6) is 11.5 Å². The number of aromatic hydroxyl groups is 1. The molecule has 0 aromatic heterocycles. The normalized spacial score (nSPS) is 26.5. The Labute approximate surface area is 292 Å². The third-order valence-electron chi connectivity index (χ3n) is 11.3. The highest BCUT2D eigenvalue weighted by Crippen LogP contribution is 2.65. The van der Waals surface area contributed by atoms with Gasteiger partial charge in [0, 0.05) is 70.6 Å². The average molecular weight is 695 g/mol. The maximum Gasteiger partial charge on any atom is 0.414 e. The number of phenolic OH excluding ortho intramolecular Hbond substituents is 1. The van der Waals surface area contributed by atoms with Gasteiger partial charge in [0.2, 0.25) is 5.91 Å². The number of hydrogen-bond acceptors (Lipinski definition) is 10. The van der Waals surface area contributed by atoms with Crippen molar-refractivity contribution in [3.8, 4) is 11.5 Å². The molecular weight excluding hydrogens is 644 g/mol. The van der Waals surface area contributed by atoms with Crippen molar-refractivity contribution < 1.29 is 38.9 Å². The molecule has 14 heteroatoms. The zero-order valence-corrected chi connectivity index (χ0v) is 29.2. The van der Waals surface area contributed by atoms with E-state index in [1.807, 2.05) is 6.07 Å². The zero-order chi connectivity index (χ0) is 36.0. The molecule has 272 valence electrons. The van der Waals surface area contributed by atoms with E-state index >= 15 is 0 Å². The molecule has 50 heavy (non-hydrogen) atoms. The molecule has 6 rings (SSSR count). The van der Waals surface area contributed by atoms with Crippen molar-refractivity contribution in [2.75, 3.05) is 46.8 Å². The summed E-state index contributed by atoms with van der Waals surface area (Å²) in [6.45, 7) is 3.67. The van der Waals surface area contributed by atoms with Crippen LogP contribution in [0.2, 0.25) is 0 Å². The quantitative estimate of drug-likeness (QED) is 0.0899. The van der Waals surface area contributed by atoms with E-state index in [9.17, 15) is 29.4 Å². The van der Waals surface area contributed by atoms with Crippen LogP contribution in [0.4, 0.5) is 4.79 Å². The van der Waals surface area contributed by atoms with E-state index in [0.29, 0.717) is 49.7 Å². The molecule has 5 atom stereocenters. The first-order valence-electron chi connectivity index (χ1n) is 17.7. The summed E-state index contributed by atoms with van der Waals surface area (Å²) in [5.41, 5.74) is 10.7. The smallest absolute Gasteiger partial charge is 0.414 e. The Kier molecular flexibility index (Phi) is 9.88. The Morgan fingerprint density at radius 3 is 2.60 bits per heavy atom. The van der Waals surface area contributed by atoms with Crippen LogP contribution in [0, 0.1) is 11.8 Å². The van der Waals surface area contributed by atoms with Crippen LogP contribution in [-0.4, -0.2) is 119 Å². The summed E-state index contributed by atoms with van der Waals surface area (Å²) in [5, 5.41) is 23.5. The van der Waals surface area contributed by atoms with Gasteiger partial charge in [0.1, 0.15) is 17.3 Å². The van der Waals surface area contributed by atoms with Crippen molar-refractivity contribution in [1.82, 2.24) is 14.7 Å². The van der Waals surface area contributed by atoms with Crippen LogP contribution in [-0.2, 0) is 31.0 Å².